The number of hydrogen-bond acceptors (Lipinski definition) is 4. The number of aliphatic carboxylic acids is 1. The van der Waals surface area contributed by atoms with Gasteiger partial charge in [-0.2, -0.15) is 0 Å². The van der Waals surface area contributed by atoms with E-state index in [4.69, 9.17) is 14.6 Å². The number of amides is 1. The molecule has 20 heavy (non-hydrogen) atoms. The summed E-state index contributed by atoms with van der Waals surface area (Å²) in [5.41, 5.74) is 0.393. The molecule has 0 spiro atoms. The van der Waals surface area contributed by atoms with E-state index in [1.165, 1.54) is 19.1 Å². The molecule has 0 saturated carbocycles. The smallest absolute Gasteiger partial charge is 0.303 e. The number of methoxy groups -OCH3 is 2. The first-order chi connectivity index (χ1) is 9.49. The molecule has 1 aromatic carbocycles. The van der Waals surface area contributed by atoms with Crippen LogP contribution in [0.5, 0.6) is 11.5 Å². The molecular weight excluding hydrogens is 262 g/mol. The van der Waals surface area contributed by atoms with E-state index in [0.717, 1.165) is 0 Å². The van der Waals surface area contributed by atoms with Crippen molar-refractivity contribution >= 4 is 11.9 Å². The molecule has 0 fully saturated rings. The van der Waals surface area contributed by atoms with Crippen LogP contribution in [0.15, 0.2) is 18.2 Å². The summed E-state index contributed by atoms with van der Waals surface area (Å²) < 4.78 is 10.3. The summed E-state index contributed by atoms with van der Waals surface area (Å²) in [5.74, 6) is -0.0788. The fraction of sp³-hybridized carbons (Fsp3) is 0.429. The molecule has 0 atom stereocenters. The summed E-state index contributed by atoms with van der Waals surface area (Å²) >= 11 is 0. The van der Waals surface area contributed by atoms with Gasteiger partial charge in [0.05, 0.1) is 19.8 Å². The van der Waals surface area contributed by atoms with Gasteiger partial charge in [-0.25, -0.2) is 0 Å². The van der Waals surface area contributed by atoms with E-state index in [-0.39, 0.29) is 12.3 Å². The Morgan fingerprint density at radius 1 is 1.25 bits per heavy atom. The zero-order chi connectivity index (χ0) is 15.1. The zero-order valence-corrected chi connectivity index (χ0v) is 11.9. The normalized spacial score (nSPS) is 9.95. The summed E-state index contributed by atoms with van der Waals surface area (Å²) in [7, 11) is 4.64. The predicted octanol–water partition coefficient (Wildman–Crippen LogP) is 1.64. The molecule has 0 aromatic heterocycles. The van der Waals surface area contributed by atoms with Gasteiger partial charge in [0.25, 0.3) is 5.91 Å². The maximum absolute atomic E-state index is 12.3. The van der Waals surface area contributed by atoms with E-state index in [1.807, 2.05) is 0 Å². The molecule has 0 unspecified atom stereocenters. The number of carbonyl (C=O) groups excluding carboxylic acids is 1. The quantitative estimate of drug-likeness (QED) is 0.822. The lowest BCUT2D eigenvalue weighted by Crippen LogP contribution is -2.28. The molecule has 0 bridgehead atoms. The highest BCUT2D eigenvalue weighted by atomic mass is 16.5. The van der Waals surface area contributed by atoms with E-state index in [2.05, 4.69) is 0 Å². The molecular formula is C14H19NO5. The van der Waals surface area contributed by atoms with Crippen molar-refractivity contribution in [3.63, 3.8) is 0 Å². The number of carbonyl (C=O) groups is 2. The zero-order valence-electron chi connectivity index (χ0n) is 11.9. The molecule has 0 heterocycles. The van der Waals surface area contributed by atoms with Gasteiger partial charge in [0.2, 0.25) is 0 Å². The summed E-state index contributed by atoms with van der Waals surface area (Å²) in [6.07, 6.45) is 0.441. The topological polar surface area (TPSA) is 76.1 Å². The van der Waals surface area contributed by atoms with Crippen LogP contribution < -0.4 is 9.47 Å². The van der Waals surface area contributed by atoms with E-state index >= 15 is 0 Å². The summed E-state index contributed by atoms with van der Waals surface area (Å²) in [4.78, 5) is 24.2. The summed E-state index contributed by atoms with van der Waals surface area (Å²) in [5, 5.41) is 8.59. The van der Waals surface area contributed by atoms with Crippen molar-refractivity contribution in [3.05, 3.63) is 23.8 Å². The minimum Gasteiger partial charge on any atom is -0.497 e. The van der Waals surface area contributed by atoms with E-state index < -0.39 is 5.97 Å². The van der Waals surface area contributed by atoms with E-state index in [1.54, 1.807) is 25.2 Å². The molecule has 6 heteroatoms. The van der Waals surface area contributed by atoms with E-state index in [0.29, 0.717) is 30.0 Å². The van der Waals surface area contributed by atoms with Gasteiger partial charge in [0.15, 0.2) is 0 Å². The lowest BCUT2D eigenvalue weighted by Gasteiger charge is -2.18. The second-order valence-electron chi connectivity index (χ2n) is 4.29. The number of ether oxygens (including phenoxy) is 2. The minimum atomic E-state index is -0.871. The fourth-order valence-corrected chi connectivity index (χ4v) is 1.76. The molecule has 1 aromatic rings. The molecule has 0 aliphatic heterocycles. The second-order valence-corrected chi connectivity index (χ2v) is 4.29. The molecule has 0 aliphatic rings. The number of benzene rings is 1. The van der Waals surface area contributed by atoms with Gasteiger partial charge < -0.3 is 19.5 Å². The Morgan fingerprint density at radius 3 is 2.50 bits per heavy atom. The average molecular weight is 281 g/mol. The Hall–Kier alpha value is -2.24. The van der Waals surface area contributed by atoms with E-state index in [9.17, 15) is 9.59 Å². The third kappa shape index (κ3) is 4.15. The van der Waals surface area contributed by atoms with Crippen LogP contribution in [0, 0.1) is 0 Å². The van der Waals surface area contributed by atoms with Crippen LogP contribution in [0.4, 0.5) is 0 Å². The predicted molar refractivity (Wildman–Crippen MR) is 73.4 cm³/mol. The Balaban J connectivity index is 2.81. The van der Waals surface area contributed by atoms with Crippen molar-refractivity contribution in [2.45, 2.75) is 12.8 Å². The third-order valence-corrected chi connectivity index (χ3v) is 2.87. The first-order valence-electron chi connectivity index (χ1n) is 6.19. The van der Waals surface area contributed by atoms with Crippen molar-refractivity contribution in [2.24, 2.45) is 0 Å². The summed E-state index contributed by atoms with van der Waals surface area (Å²) in [6, 6.07) is 4.98. The monoisotopic (exact) mass is 281 g/mol. The fourth-order valence-electron chi connectivity index (χ4n) is 1.76. The number of hydrogen-bond donors (Lipinski definition) is 1. The molecule has 0 radical (unpaired) electrons. The van der Waals surface area contributed by atoms with Gasteiger partial charge in [-0.3, -0.25) is 9.59 Å². The van der Waals surface area contributed by atoms with Crippen molar-refractivity contribution in [1.82, 2.24) is 4.90 Å². The van der Waals surface area contributed by atoms with Crippen LogP contribution in [0.3, 0.4) is 0 Å². The summed E-state index contributed by atoms with van der Waals surface area (Å²) in [6.45, 7) is 0.367. The number of carboxylic acids is 1. The lowest BCUT2D eigenvalue weighted by molar-refractivity contribution is -0.137. The Kier molecular flexibility index (Phi) is 5.83. The molecule has 110 valence electrons. The molecule has 0 saturated heterocycles. The van der Waals surface area contributed by atoms with Crippen LogP contribution in [-0.2, 0) is 4.79 Å². The molecule has 0 aliphatic carbocycles. The van der Waals surface area contributed by atoms with Gasteiger partial charge in [-0.05, 0) is 24.6 Å². The molecule has 1 amide bonds. The number of carboxylic acid groups (broad SMARTS) is 1. The third-order valence-electron chi connectivity index (χ3n) is 2.87. The van der Waals surface area contributed by atoms with Gasteiger partial charge in [-0.15, -0.1) is 0 Å². The lowest BCUT2D eigenvalue weighted by atomic mass is 10.1. The number of nitrogens with zero attached hydrogens (tertiary/aromatic N) is 1. The van der Waals surface area contributed by atoms with Crippen molar-refractivity contribution in [3.8, 4) is 11.5 Å². The maximum atomic E-state index is 12.3. The molecule has 1 N–H and O–H groups in total. The Bertz CT molecular complexity index is 486. The van der Waals surface area contributed by atoms with Crippen molar-refractivity contribution in [1.29, 1.82) is 0 Å². The maximum Gasteiger partial charge on any atom is 0.303 e. The molecule has 6 nitrogen and oxygen atoms in total. The first-order valence-corrected chi connectivity index (χ1v) is 6.19. The average Bonchev–Trinajstić information content (AvgIpc) is 2.45. The first kappa shape index (κ1) is 15.8. The Labute approximate surface area is 117 Å². The van der Waals surface area contributed by atoms with Crippen LogP contribution >= 0.6 is 0 Å². The molecule has 1 rings (SSSR count). The SMILES string of the molecule is COc1ccc(OC)c(C(=O)N(C)CCCC(=O)O)c1. The van der Waals surface area contributed by atoms with Gasteiger partial charge in [0.1, 0.15) is 11.5 Å². The van der Waals surface area contributed by atoms with Crippen LogP contribution in [0.1, 0.15) is 23.2 Å². The van der Waals surface area contributed by atoms with Gasteiger partial charge in [0, 0.05) is 20.0 Å². The van der Waals surface area contributed by atoms with Crippen LogP contribution in [0.25, 0.3) is 0 Å². The highest BCUT2D eigenvalue weighted by Crippen LogP contribution is 2.25. The highest BCUT2D eigenvalue weighted by Gasteiger charge is 2.17. The van der Waals surface area contributed by atoms with Crippen LogP contribution in [0.2, 0.25) is 0 Å². The van der Waals surface area contributed by atoms with Crippen molar-refractivity contribution in [2.75, 3.05) is 27.8 Å². The minimum absolute atomic E-state index is 0.0346. The van der Waals surface area contributed by atoms with Crippen molar-refractivity contribution < 1.29 is 24.2 Å². The van der Waals surface area contributed by atoms with Crippen LogP contribution in [-0.4, -0.2) is 49.7 Å². The largest absolute Gasteiger partial charge is 0.497 e. The Morgan fingerprint density at radius 2 is 1.95 bits per heavy atom. The standard InChI is InChI=1S/C14H19NO5/c1-15(8-4-5-13(16)17)14(18)11-9-10(19-2)6-7-12(11)20-3/h6-7,9H,4-5,8H2,1-3H3,(H,16,17). The second kappa shape index (κ2) is 7.37. The number of rotatable bonds is 7. The van der Waals surface area contributed by atoms with Gasteiger partial charge in [-0.1, -0.05) is 0 Å². The van der Waals surface area contributed by atoms with Gasteiger partial charge >= 0.3 is 5.97 Å². The highest BCUT2D eigenvalue weighted by molar-refractivity contribution is 5.97.